The van der Waals surface area contributed by atoms with Gasteiger partial charge in [-0.1, -0.05) is 6.92 Å². The highest BCUT2D eigenvalue weighted by molar-refractivity contribution is 7.92. The number of carbonyl (C=O) groups is 1. The van der Waals surface area contributed by atoms with Gasteiger partial charge in [-0.15, -0.1) is 0 Å². The van der Waals surface area contributed by atoms with Crippen molar-refractivity contribution < 1.29 is 53.1 Å². The maximum atomic E-state index is 13.1. The Labute approximate surface area is 138 Å². The lowest BCUT2D eigenvalue weighted by Gasteiger charge is -2.26. The molecule has 0 aliphatic heterocycles. The van der Waals surface area contributed by atoms with Crippen molar-refractivity contribution in [3.8, 4) is 0 Å². The van der Waals surface area contributed by atoms with Crippen LogP contribution in [0, 0.1) is 5.92 Å². The first-order chi connectivity index (χ1) is 11.0. The van der Waals surface area contributed by atoms with Crippen LogP contribution in [-0.2, 0) is 19.4 Å². The fourth-order valence-corrected chi connectivity index (χ4v) is 3.52. The lowest BCUT2D eigenvalue weighted by Crippen LogP contribution is -2.43. The molecule has 0 saturated carbocycles. The molecule has 13 heteroatoms. The minimum absolute atomic E-state index is 0.490. The lowest BCUT2D eigenvalue weighted by molar-refractivity contribution is -0.301. The Kier molecular flexibility index (Phi) is 7.67. The van der Waals surface area contributed by atoms with Gasteiger partial charge >= 0.3 is 24.2 Å². The molecular weight excluding hydrogens is 392 g/mol. The van der Waals surface area contributed by atoms with Crippen LogP contribution >= 0.6 is 0 Å². The van der Waals surface area contributed by atoms with Crippen LogP contribution in [-0.4, -0.2) is 50.8 Å². The average Bonchev–Trinajstić information content (AvgIpc) is 2.42. The Morgan fingerprint density at radius 3 is 1.84 bits per heavy atom. The van der Waals surface area contributed by atoms with Crippen LogP contribution in [0.4, 0.5) is 35.1 Å². The highest BCUT2D eigenvalue weighted by Gasteiger charge is 2.60. The Balaban J connectivity index is 5.24. The van der Waals surface area contributed by atoms with E-state index in [1.807, 2.05) is 0 Å². The summed E-state index contributed by atoms with van der Waals surface area (Å²) in [6.45, 7) is 0.490. The highest BCUT2D eigenvalue weighted by Crippen LogP contribution is 2.43. The summed E-state index contributed by atoms with van der Waals surface area (Å²) in [5.74, 6) is -10.6. The van der Waals surface area contributed by atoms with E-state index in [2.05, 4.69) is 4.74 Å². The van der Waals surface area contributed by atoms with Crippen molar-refractivity contribution in [3.05, 3.63) is 0 Å². The molecule has 150 valence electrons. The molecule has 0 aliphatic rings. The van der Waals surface area contributed by atoms with Gasteiger partial charge in [0.05, 0.1) is 19.3 Å². The first kappa shape index (κ1) is 23.9. The Bertz CT molecular complexity index is 552. The van der Waals surface area contributed by atoms with Crippen LogP contribution in [0.2, 0.25) is 0 Å². The fraction of sp³-hybridized carbons (Fsp3) is 0.917. The molecule has 0 fully saturated rings. The third-order valence-electron chi connectivity index (χ3n) is 3.43. The van der Waals surface area contributed by atoms with Gasteiger partial charge in [-0.05, 0) is 12.8 Å². The van der Waals surface area contributed by atoms with Gasteiger partial charge in [0, 0.05) is 5.92 Å². The number of ether oxygens (including phenoxy) is 1. The van der Waals surface area contributed by atoms with Crippen LogP contribution in [0.25, 0.3) is 0 Å². The second kappa shape index (κ2) is 8.04. The number of esters is 1. The molecule has 0 radical (unpaired) electrons. The predicted molar refractivity (Wildman–Crippen MR) is 69.7 cm³/mol. The smallest absolute Gasteiger partial charge is 0.453 e. The Morgan fingerprint density at radius 2 is 1.48 bits per heavy atom. The molecule has 2 unspecified atom stereocenters. The van der Waals surface area contributed by atoms with Crippen molar-refractivity contribution >= 4 is 15.8 Å². The van der Waals surface area contributed by atoms with Crippen molar-refractivity contribution in [2.75, 3.05) is 12.9 Å². The molecule has 0 N–H and O–H groups in total. The van der Waals surface area contributed by atoms with Crippen LogP contribution in [0.1, 0.15) is 26.2 Å². The normalized spacial score (nSPS) is 16.4. The molecule has 0 spiro atoms. The van der Waals surface area contributed by atoms with Gasteiger partial charge in [0.25, 0.3) is 0 Å². The number of sulfone groups is 1. The van der Waals surface area contributed by atoms with Crippen LogP contribution in [0.5, 0.6) is 0 Å². The second-order valence-electron chi connectivity index (χ2n) is 5.34. The van der Waals surface area contributed by atoms with Crippen molar-refractivity contribution in [2.24, 2.45) is 5.92 Å². The van der Waals surface area contributed by atoms with Crippen molar-refractivity contribution in [3.63, 3.8) is 0 Å². The molecule has 0 heterocycles. The van der Waals surface area contributed by atoms with E-state index in [0.29, 0.717) is 14.0 Å². The monoisotopic (exact) mass is 408 g/mol. The molecule has 0 amide bonds. The number of halogens is 8. The summed E-state index contributed by atoms with van der Waals surface area (Å²) in [5, 5.41) is -2.26. The van der Waals surface area contributed by atoms with Gasteiger partial charge in [0.2, 0.25) is 0 Å². The van der Waals surface area contributed by atoms with Gasteiger partial charge in [0.1, 0.15) is 0 Å². The molecule has 2 atom stereocenters. The number of carbonyl (C=O) groups excluding carboxylic acids is 1. The van der Waals surface area contributed by atoms with Crippen molar-refractivity contribution in [1.82, 2.24) is 0 Å². The summed E-state index contributed by atoms with van der Waals surface area (Å²) in [6.07, 6.45) is -14.6. The summed E-state index contributed by atoms with van der Waals surface area (Å²) in [7, 11) is -4.05. The molecule has 0 aromatic carbocycles. The van der Waals surface area contributed by atoms with E-state index in [4.69, 9.17) is 0 Å². The van der Waals surface area contributed by atoms with Gasteiger partial charge < -0.3 is 4.74 Å². The van der Waals surface area contributed by atoms with Crippen molar-refractivity contribution in [2.45, 2.75) is 49.7 Å². The van der Waals surface area contributed by atoms with E-state index in [1.54, 1.807) is 0 Å². The van der Waals surface area contributed by atoms with E-state index < -0.39 is 70.3 Å². The molecule has 25 heavy (non-hydrogen) atoms. The average molecular weight is 408 g/mol. The molecule has 0 rings (SSSR count). The minimum atomic E-state index is -5.89. The predicted octanol–water partition coefficient (Wildman–Crippen LogP) is 3.51. The van der Waals surface area contributed by atoms with E-state index >= 15 is 0 Å². The van der Waals surface area contributed by atoms with Gasteiger partial charge in [-0.3, -0.25) is 4.79 Å². The Hall–Kier alpha value is -1.14. The quantitative estimate of drug-likeness (QED) is 0.456. The molecule has 0 aliphatic carbocycles. The second-order valence-corrected chi connectivity index (χ2v) is 7.65. The van der Waals surface area contributed by atoms with Gasteiger partial charge in [-0.2, -0.15) is 35.1 Å². The molecule has 0 bridgehead atoms. The van der Waals surface area contributed by atoms with Crippen LogP contribution < -0.4 is 0 Å². The van der Waals surface area contributed by atoms with Crippen molar-refractivity contribution in [1.29, 1.82) is 0 Å². The molecule has 4 nitrogen and oxygen atoms in total. The van der Waals surface area contributed by atoms with Gasteiger partial charge in [-0.25, -0.2) is 8.42 Å². The summed E-state index contributed by atoms with van der Waals surface area (Å²) in [4.78, 5) is 11.4. The van der Waals surface area contributed by atoms with Gasteiger partial charge in [0.15, 0.2) is 15.1 Å². The fourth-order valence-electron chi connectivity index (χ4n) is 1.84. The number of rotatable bonds is 8. The van der Waals surface area contributed by atoms with Crippen LogP contribution in [0.15, 0.2) is 0 Å². The number of hydrogen-bond donors (Lipinski definition) is 0. The van der Waals surface area contributed by atoms with E-state index in [0.717, 1.165) is 0 Å². The lowest BCUT2D eigenvalue weighted by atomic mass is 9.96. The molecular formula is C12H16F8O4S. The highest BCUT2D eigenvalue weighted by atomic mass is 32.2. The summed E-state index contributed by atoms with van der Waals surface area (Å²) >= 11 is 0. The first-order valence-corrected chi connectivity index (χ1v) is 8.48. The standard InChI is InChI=1S/C12H16F8O4S/c1-7(11(16,17)12(18,19)20)3-4-8(9(21)24-2)25(22,23)6-5-10(13,14)15/h7-8H,3-6H2,1-2H3. The topological polar surface area (TPSA) is 60.4 Å². The largest absolute Gasteiger partial charge is 0.468 e. The first-order valence-electron chi connectivity index (χ1n) is 6.76. The third-order valence-corrected chi connectivity index (χ3v) is 5.49. The molecule has 0 aromatic rings. The zero-order chi connectivity index (χ0) is 20.3. The zero-order valence-electron chi connectivity index (χ0n) is 13.0. The minimum Gasteiger partial charge on any atom is -0.468 e. The molecule has 0 saturated heterocycles. The Morgan fingerprint density at radius 1 is 1.00 bits per heavy atom. The summed E-state index contributed by atoms with van der Waals surface area (Å²) in [6, 6.07) is 0. The number of methoxy groups -OCH3 is 1. The number of hydrogen-bond acceptors (Lipinski definition) is 4. The van der Waals surface area contributed by atoms with E-state index in [1.165, 1.54) is 0 Å². The molecule has 0 aromatic heterocycles. The zero-order valence-corrected chi connectivity index (χ0v) is 13.9. The third kappa shape index (κ3) is 6.94. The summed E-state index contributed by atoms with van der Waals surface area (Å²) < 4.78 is 127. The number of alkyl halides is 8. The maximum Gasteiger partial charge on any atom is 0.453 e. The van der Waals surface area contributed by atoms with Crippen LogP contribution in [0.3, 0.4) is 0 Å². The van der Waals surface area contributed by atoms with E-state index in [-0.39, 0.29) is 0 Å². The van der Waals surface area contributed by atoms with E-state index in [9.17, 15) is 48.3 Å². The summed E-state index contributed by atoms with van der Waals surface area (Å²) in [5.41, 5.74) is 0. The maximum absolute atomic E-state index is 13.1. The SMILES string of the molecule is COC(=O)C(CCC(C)C(F)(F)C(F)(F)F)S(=O)(=O)CCC(F)(F)F.